The zero-order valence-corrected chi connectivity index (χ0v) is 14.4. The van der Waals surface area contributed by atoms with Crippen LogP contribution in [0.2, 0.25) is 0 Å². The molecule has 0 saturated carbocycles. The summed E-state index contributed by atoms with van der Waals surface area (Å²) >= 11 is 2.02. The highest BCUT2D eigenvalue weighted by Crippen LogP contribution is 2.32. The van der Waals surface area contributed by atoms with Crippen molar-refractivity contribution in [1.82, 2.24) is 10.7 Å². The highest BCUT2D eigenvalue weighted by Gasteiger charge is 2.16. The van der Waals surface area contributed by atoms with Crippen molar-refractivity contribution in [3.05, 3.63) is 45.4 Å². The van der Waals surface area contributed by atoms with Crippen LogP contribution in [-0.4, -0.2) is 31.4 Å². The van der Waals surface area contributed by atoms with E-state index in [4.69, 9.17) is 13.9 Å². The van der Waals surface area contributed by atoms with Crippen molar-refractivity contribution in [1.29, 1.82) is 0 Å². The summed E-state index contributed by atoms with van der Waals surface area (Å²) in [5, 5.41) is 6.24. The minimum Gasteiger partial charge on any atom is -0.454 e. The summed E-state index contributed by atoms with van der Waals surface area (Å²) in [6, 6.07) is 8.30. The Morgan fingerprint density at radius 3 is 2.83 bits per heavy atom. The second-order valence-corrected chi connectivity index (χ2v) is 5.75. The number of halogens is 1. The van der Waals surface area contributed by atoms with Gasteiger partial charge in [0.2, 0.25) is 6.79 Å². The molecule has 2 aromatic rings. The molecular formula is C15H12IN3O5. The number of hydrazone groups is 1. The molecule has 0 bridgehead atoms. The third kappa shape index (κ3) is 4.04. The number of ether oxygens (including phenoxy) is 2. The molecule has 124 valence electrons. The van der Waals surface area contributed by atoms with E-state index < -0.39 is 11.8 Å². The van der Waals surface area contributed by atoms with E-state index in [0.29, 0.717) is 22.8 Å². The van der Waals surface area contributed by atoms with Gasteiger partial charge in [-0.05, 0) is 52.9 Å². The van der Waals surface area contributed by atoms with Crippen LogP contribution in [0.4, 0.5) is 0 Å². The van der Waals surface area contributed by atoms with E-state index >= 15 is 0 Å². The van der Waals surface area contributed by atoms with Gasteiger partial charge in [0.25, 0.3) is 11.8 Å². The van der Waals surface area contributed by atoms with Crippen LogP contribution >= 0.6 is 22.6 Å². The van der Waals surface area contributed by atoms with E-state index in [1.54, 1.807) is 30.3 Å². The fourth-order valence-electron chi connectivity index (χ4n) is 1.91. The van der Waals surface area contributed by atoms with Gasteiger partial charge in [-0.1, -0.05) is 0 Å². The monoisotopic (exact) mass is 441 g/mol. The zero-order chi connectivity index (χ0) is 16.9. The predicted octanol–water partition coefficient (Wildman–Crippen LogP) is 1.49. The number of hydrogen-bond donors (Lipinski definition) is 2. The van der Waals surface area contributed by atoms with Gasteiger partial charge in [-0.2, -0.15) is 5.10 Å². The lowest BCUT2D eigenvalue weighted by molar-refractivity contribution is -0.120. The van der Waals surface area contributed by atoms with Crippen LogP contribution in [0, 0.1) is 3.77 Å². The summed E-state index contributed by atoms with van der Waals surface area (Å²) in [5.74, 6) is 0.759. The normalized spacial score (nSPS) is 12.4. The highest BCUT2D eigenvalue weighted by atomic mass is 127. The molecule has 1 aromatic heterocycles. The van der Waals surface area contributed by atoms with E-state index in [1.807, 2.05) is 22.6 Å². The van der Waals surface area contributed by atoms with E-state index in [0.717, 1.165) is 3.77 Å². The van der Waals surface area contributed by atoms with Gasteiger partial charge in [-0.15, -0.1) is 0 Å². The topological polar surface area (TPSA) is 102 Å². The molecular weight excluding hydrogens is 429 g/mol. The molecule has 24 heavy (non-hydrogen) atoms. The van der Waals surface area contributed by atoms with Gasteiger partial charge in [-0.3, -0.25) is 9.59 Å². The number of hydrogen-bond acceptors (Lipinski definition) is 6. The van der Waals surface area contributed by atoms with Crippen LogP contribution < -0.4 is 20.2 Å². The number of nitrogens with one attached hydrogen (secondary N) is 2. The standard InChI is InChI=1S/C15H12IN3O5/c16-13-4-2-10(24-13)6-18-19-14(20)7-17-15(21)9-1-3-11-12(5-9)23-8-22-11/h1-6H,7-8H2,(H,17,21)(H,19,20). The third-order valence-corrected chi connectivity index (χ3v) is 3.60. The second-order valence-electron chi connectivity index (χ2n) is 4.69. The molecule has 9 heteroatoms. The van der Waals surface area contributed by atoms with Gasteiger partial charge < -0.3 is 19.2 Å². The number of rotatable bonds is 5. The zero-order valence-electron chi connectivity index (χ0n) is 12.2. The van der Waals surface area contributed by atoms with Crippen molar-refractivity contribution < 1.29 is 23.5 Å². The van der Waals surface area contributed by atoms with Crippen molar-refractivity contribution >= 4 is 40.6 Å². The number of furan rings is 1. The predicted molar refractivity (Wildman–Crippen MR) is 92.1 cm³/mol. The number of carbonyl (C=O) groups is 2. The lowest BCUT2D eigenvalue weighted by Gasteiger charge is -2.05. The van der Waals surface area contributed by atoms with Gasteiger partial charge in [-0.25, -0.2) is 5.43 Å². The van der Waals surface area contributed by atoms with Gasteiger partial charge in [0.05, 0.1) is 12.8 Å². The van der Waals surface area contributed by atoms with Gasteiger partial charge in [0.15, 0.2) is 15.3 Å². The van der Waals surface area contributed by atoms with Crippen LogP contribution in [0.25, 0.3) is 0 Å². The lowest BCUT2D eigenvalue weighted by Crippen LogP contribution is -2.34. The van der Waals surface area contributed by atoms with Crippen LogP contribution in [0.15, 0.2) is 39.9 Å². The molecule has 0 saturated heterocycles. The summed E-state index contributed by atoms with van der Waals surface area (Å²) in [7, 11) is 0. The average molecular weight is 441 g/mol. The number of benzene rings is 1. The molecule has 0 atom stereocenters. The maximum absolute atomic E-state index is 12.0. The van der Waals surface area contributed by atoms with E-state index in [1.165, 1.54) is 6.21 Å². The third-order valence-electron chi connectivity index (χ3n) is 3.02. The van der Waals surface area contributed by atoms with E-state index in [9.17, 15) is 9.59 Å². The first-order valence-corrected chi connectivity index (χ1v) is 7.95. The fourth-order valence-corrected chi connectivity index (χ4v) is 2.34. The Bertz CT molecular complexity index is 802. The van der Waals surface area contributed by atoms with Gasteiger partial charge >= 0.3 is 0 Å². The minimum atomic E-state index is -0.457. The molecule has 2 N–H and O–H groups in total. The van der Waals surface area contributed by atoms with Crippen LogP contribution in [0.5, 0.6) is 11.5 Å². The minimum absolute atomic E-state index is 0.134. The van der Waals surface area contributed by atoms with Crippen molar-refractivity contribution in [3.8, 4) is 11.5 Å². The van der Waals surface area contributed by atoms with Crippen LogP contribution in [0.3, 0.4) is 0 Å². The van der Waals surface area contributed by atoms with Crippen LogP contribution in [-0.2, 0) is 4.79 Å². The van der Waals surface area contributed by atoms with E-state index in [2.05, 4.69) is 15.8 Å². The summed E-state index contributed by atoms with van der Waals surface area (Å²) in [4.78, 5) is 23.7. The number of nitrogens with zero attached hydrogens (tertiary/aromatic N) is 1. The van der Waals surface area contributed by atoms with E-state index in [-0.39, 0.29) is 13.3 Å². The number of fused-ring (bicyclic) bond motifs is 1. The molecule has 1 aliphatic rings. The Morgan fingerprint density at radius 2 is 2.04 bits per heavy atom. The molecule has 0 spiro atoms. The van der Waals surface area contributed by atoms with Gasteiger partial charge in [0.1, 0.15) is 5.76 Å². The largest absolute Gasteiger partial charge is 0.454 e. The maximum atomic E-state index is 12.0. The Morgan fingerprint density at radius 1 is 1.21 bits per heavy atom. The molecule has 8 nitrogen and oxygen atoms in total. The summed E-state index contributed by atoms with van der Waals surface area (Å²) in [5.41, 5.74) is 2.67. The highest BCUT2D eigenvalue weighted by molar-refractivity contribution is 14.1. The summed E-state index contributed by atoms with van der Waals surface area (Å²) < 4.78 is 16.3. The maximum Gasteiger partial charge on any atom is 0.259 e. The Labute approximate surface area is 150 Å². The Kier molecular flexibility index (Phi) is 4.99. The number of amides is 2. The first kappa shape index (κ1) is 16.3. The second kappa shape index (κ2) is 7.34. The average Bonchev–Trinajstić information content (AvgIpc) is 3.20. The van der Waals surface area contributed by atoms with Crippen LogP contribution in [0.1, 0.15) is 16.1 Å². The SMILES string of the molecule is O=C(CNC(=O)c1ccc2c(c1)OCO2)NN=Cc1ccc(I)o1. The number of carbonyl (C=O) groups excluding carboxylic acids is 2. The summed E-state index contributed by atoms with van der Waals surface area (Å²) in [6.07, 6.45) is 1.37. The van der Waals surface area contributed by atoms with Crippen molar-refractivity contribution in [2.24, 2.45) is 5.10 Å². The molecule has 3 rings (SSSR count). The molecule has 1 aromatic carbocycles. The fraction of sp³-hybridized carbons (Fsp3) is 0.133. The quantitative estimate of drug-likeness (QED) is 0.416. The van der Waals surface area contributed by atoms with Gasteiger partial charge in [0, 0.05) is 5.56 Å². The molecule has 0 unspecified atom stereocenters. The lowest BCUT2D eigenvalue weighted by atomic mass is 10.2. The van der Waals surface area contributed by atoms with Crippen molar-refractivity contribution in [2.75, 3.05) is 13.3 Å². The molecule has 0 fully saturated rings. The summed E-state index contributed by atoms with van der Waals surface area (Å²) in [6.45, 7) is -0.0736. The molecule has 2 amide bonds. The molecule has 1 aliphatic heterocycles. The smallest absolute Gasteiger partial charge is 0.259 e. The van der Waals surface area contributed by atoms with Crippen molar-refractivity contribution in [2.45, 2.75) is 0 Å². The Hall–Kier alpha value is -2.56. The Balaban J connectivity index is 1.47. The molecule has 0 aliphatic carbocycles. The molecule has 2 heterocycles. The first-order valence-electron chi connectivity index (χ1n) is 6.87. The molecule has 0 radical (unpaired) electrons. The first-order chi connectivity index (χ1) is 11.6. The van der Waals surface area contributed by atoms with Crippen molar-refractivity contribution in [3.63, 3.8) is 0 Å².